The van der Waals surface area contributed by atoms with E-state index in [1.165, 1.54) is 6.21 Å². The first-order chi connectivity index (χ1) is 11.2. The van der Waals surface area contributed by atoms with Crippen LogP contribution in [0.25, 0.3) is 0 Å². The fraction of sp³-hybridized carbons (Fsp3) is 0.267. The molecule has 0 spiro atoms. The topological polar surface area (TPSA) is 82.9 Å². The molecule has 0 saturated carbocycles. The molecule has 1 aromatic carbocycles. The van der Waals surface area contributed by atoms with Crippen molar-refractivity contribution in [1.29, 1.82) is 0 Å². The van der Waals surface area contributed by atoms with Crippen molar-refractivity contribution in [2.75, 3.05) is 36.6 Å². The third kappa shape index (κ3) is 3.72. The Morgan fingerprint density at radius 3 is 2.87 bits per heavy atom. The summed E-state index contributed by atoms with van der Waals surface area (Å²) < 4.78 is 19.1. The fourth-order valence-corrected chi connectivity index (χ4v) is 2.17. The number of phenolic OH excluding ortho intramolecular Hbond substituents is 1. The van der Waals surface area contributed by atoms with Crippen molar-refractivity contribution in [3.63, 3.8) is 0 Å². The van der Waals surface area contributed by atoms with E-state index in [-0.39, 0.29) is 17.5 Å². The number of phenols is 1. The number of para-hydroxylation sites is 1. The van der Waals surface area contributed by atoms with Gasteiger partial charge in [-0.05, 0) is 12.1 Å². The van der Waals surface area contributed by atoms with Crippen molar-refractivity contribution in [1.82, 2.24) is 9.97 Å². The lowest BCUT2D eigenvalue weighted by Crippen LogP contribution is -2.37. The number of aromatic nitrogens is 2. The number of benzene rings is 1. The molecule has 0 bridgehead atoms. The van der Waals surface area contributed by atoms with Crippen LogP contribution in [0, 0.1) is 5.82 Å². The number of hydrogen-bond donors (Lipinski definition) is 2. The predicted octanol–water partition coefficient (Wildman–Crippen LogP) is 1.60. The molecule has 2 heterocycles. The van der Waals surface area contributed by atoms with E-state index in [0.717, 1.165) is 6.20 Å². The zero-order valence-electron chi connectivity index (χ0n) is 12.3. The Morgan fingerprint density at radius 2 is 2.09 bits per heavy atom. The number of nitrogens with zero attached hydrogens (tertiary/aromatic N) is 4. The van der Waals surface area contributed by atoms with Crippen LogP contribution in [0.5, 0.6) is 5.75 Å². The number of anilines is 2. The van der Waals surface area contributed by atoms with Crippen molar-refractivity contribution in [3.8, 4) is 5.75 Å². The van der Waals surface area contributed by atoms with Crippen LogP contribution in [0.15, 0.2) is 35.6 Å². The molecule has 2 aromatic rings. The van der Waals surface area contributed by atoms with Gasteiger partial charge < -0.3 is 14.7 Å². The summed E-state index contributed by atoms with van der Waals surface area (Å²) in [6.07, 6.45) is 2.55. The van der Waals surface area contributed by atoms with Gasteiger partial charge in [-0.3, -0.25) is 0 Å². The van der Waals surface area contributed by atoms with Crippen molar-refractivity contribution >= 4 is 18.0 Å². The molecule has 0 atom stereocenters. The van der Waals surface area contributed by atoms with Gasteiger partial charge in [-0.1, -0.05) is 12.1 Å². The molecule has 7 nitrogen and oxygen atoms in total. The summed E-state index contributed by atoms with van der Waals surface area (Å²) in [6, 6.07) is 6.78. The average molecular weight is 317 g/mol. The van der Waals surface area contributed by atoms with E-state index in [1.807, 2.05) is 0 Å². The van der Waals surface area contributed by atoms with Crippen LogP contribution in [0.3, 0.4) is 0 Å². The minimum Gasteiger partial charge on any atom is -0.507 e. The lowest BCUT2D eigenvalue weighted by Gasteiger charge is -2.27. The maximum absolute atomic E-state index is 13.9. The first kappa shape index (κ1) is 15.2. The van der Waals surface area contributed by atoms with Crippen molar-refractivity contribution < 1.29 is 14.2 Å². The van der Waals surface area contributed by atoms with Crippen LogP contribution in [0.1, 0.15) is 5.56 Å². The van der Waals surface area contributed by atoms with Gasteiger partial charge in [0.15, 0.2) is 11.6 Å². The number of hydrazone groups is 1. The third-order valence-corrected chi connectivity index (χ3v) is 3.34. The van der Waals surface area contributed by atoms with E-state index >= 15 is 0 Å². The molecule has 120 valence electrons. The molecule has 1 aliphatic heterocycles. The van der Waals surface area contributed by atoms with Crippen LogP contribution in [-0.4, -0.2) is 47.6 Å². The van der Waals surface area contributed by atoms with Gasteiger partial charge in [-0.15, -0.1) is 0 Å². The summed E-state index contributed by atoms with van der Waals surface area (Å²) in [5.74, 6) is 0.0392. The number of morpholine rings is 1. The van der Waals surface area contributed by atoms with Gasteiger partial charge >= 0.3 is 0 Å². The molecular formula is C15H16FN5O2. The Balaban J connectivity index is 1.72. The van der Waals surface area contributed by atoms with Crippen LogP contribution in [0.2, 0.25) is 0 Å². The quantitative estimate of drug-likeness (QED) is 0.658. The molecule has 0 unspecified atom stereocenters. The average Bonchev–Trinajstić information content (AvgIpc) is 2.59. The molecule has 1 fully saturated rings. The zero-order chi connectivity index (χ0) is 16.1. The first-order valence-corrected chi connectivity index (χ1v) is 7.16. The second-order valence-corrected chi connectivity index (χ2v) is 4.89. The summed E-state index contributed by atoms with van der Waals surface area (Å²) >= 11 is 0. The van der Waals surface area contributed by atoms with Crippen LogP contribution in [0.4, 0.5) is 16.2 Å². The number of hydrogen-bond acceptors (Lipinski definition) is 7. The monoisotopic (exact) mass is 317 g/mol. The second kappa shape index (κ2) is 7.01. The lowest BCUT2D eigenvalue weighted by molar-refractivity contribution is 0.122. The smallest absolute Gasteiger partial charge is 0.245 e. The molecule has 23 heavy (non-hydrogen) atoms. The molecule has 8 heteroatoms. The van der Waals surface area contributed by atoms with Gasteiger partial charge in [-0.25, -0.2) is 14.8 Å². The number of aromatic hydroxyl groups is 1. The first-order valence-electron chi connectivity index (χ1n) is 7.16. The minimum absolute atomic E-state index is 0.118. The Hall–Kier alpha value is -2.74. The Bertz CT molecular complexity index is 704. The summed E-state index contributed by atoms with van der Waals surface area (Å²) in [7, 11) is 0. The molecule has 1 aromatic heterocycles. The normalized spacial score (nSPS) is 15.1. The van der Waals surface area contributed by atoms with Gasteiger partial charge in [0.2, 0.25) is 5.95 Å². The highest BCUT2D eigenvalue weighted by Gasteiger charge is 2.17. The van der Waals surface area contributed by atoms with Crippen LogP contribution >= 0.6 is 0 Å². The standard InChI is InChI=1S/C15H16FN5O2/c16-12-10-17-15(19-14(12)21-5-7-23-8-6-21)20-18-9-11-3-1-2-4-13(11)22/h1-4,9-10,22H,5-8H2,(H,17,19,20)/b18-9-. The lowest BCUT2D eigenvalue weighted by atomic mass is 10.2. The summed E-state index contributed by atoms with van der Waals surface area (Å²) in [4.78, 5) is 9.81. The largest absolute Gasteiger partial charge is 0.507 e. The number of halogens is 1. The molecule has 0 aliphatic carbocycles. The van der Waals surface area contributed by atoms with E-state index in [9.17, 15) is 9.50 Å². The second-order valence-electron chi connectivity index (χ2n) is 4.89. The summed E-state index contributed by atoms with van der Waals surface area (Å²) in [6.45, 7) is 2.23. The Morgan fingerprint density at radius 1 is 1.30 bits per heavy atom. The van der Waals surface area contributed by atoms with Gasteiger partial charge in [-0.2, -0.15) is 10.1 Å². The number of nitrogens with one attached hydrogen (secondary N) is 1. The van der Waals surface area contributed by atoms with E-state index in [0.29, 0.717) is 31.9 Å². The Labute approximate surface area is 132 Å². The maximum atomic E-state index is 13.9. The van der Waals surface area contributed by atoms with E-state index in [2.05, 4.69) is 20.5 Å². The van der Waals surface area contributed by atoms with Gasteiger partial charge in [0, 0.05) is 18.7 Å². The van der Waals surface area contributed by atoms with Crippen molar-refractivity contribution in [2.45, 2.75) is 0 Å². The summed E-state index contributed by atoms with van der Waals surface area (Å²) in [5, 5.41) is 13.6. The Kier molecular flexibility index (Phi) is 4.62. The van der Waals surface area contributed by atoms with E-state index in [4.69, 9.17) is 4.74 Å². The van der Waals surface area contributed by atoms with Crippen LogP contribution < -0.4 is 10.3 Å². The van der Waals surface area contributed by atoms with Crippen molar-refractivity contribution in [3.05, 3.63) is 41.8 Å². The van der Waals surface area contributed by atoms with Gasteiger partial charge in [0.1, 0.15) is 5.75 Å². The SMILES string of the molecule is Oc1ccccc1/C=N\Nc1ncc(F)c(N2CCOCC2)n1. The van der Waals surface area contributed by atoms with Crippen LogP contribution in [-0.2, 0) is 4.74 Å². The zero-order valence-corrected chi connectivity index (χ0v) is 12.3. The fourth-order valence-electron chi connectivity index (χ4n) is 2.17. The highest BCUT2D eigenvalue weighted by Crippen LogP contribution is 2.18. The molecular weight excluding hydrogens is 301 g/mol. The highest BCUT2D eigenvalue weighted by molar-refractivity contribution is 5.83. The van der Waals surface area contributed by atoms with Gasteiger partial charge in [0.05, 0.1) is 25.6 Å². The molecule has 1 aliphatic rings. The molecule has 0 amide bonds. The van der Waals surface area contributed by atoms with Gasteiger partial charge in [0.25, 0.3) is 0 Å². The molecule has 1 saturated heterocycles. The number of ether oxygens (including phenoxy) is 1. The number of rotatable bonds is 4. The molecule has 2 N–H and O–H groups in total. The predicted molar refractivity (Wildman–Crippen MR) is 84.3 cm³/mol. The highest BCUT2D eigenvalue weighted by atomic mass is 19.1. The van der Waals surface area contributed by atoms with Crippen molar-refractivity contribution in [2.24, 2.45) is 5.10 Å². The third-order valence-electron chi connectivity index (χ3n) is 3.34. The molecule has 0 radical (unpaired) electrons. The van der Waals surface area contributed by atoms with E-state index in [1.54, 1.807) is 29.2 Å². The minimum atomic E-state index is -0.484. The van der Waals surface area contributed by atoms with E-state index < -0.39 is 5.82 Å². The molecule has 3 rings (SSSR count). The summed E-state index contributed by atoms with van der Waals surface area (Å²) in [5.41, 5.74) is 3.19. The maximum Gasteiger partial charge on any atom is 0.245 e.